The number of rotatable bonds is 4. The maximum absolute atomic E-state index is 13.4. The average molecular weight is 587 g/mol. The molecule has 1 N–H and O–H groups in total. The maximum Gasteiger partial charge on any atom is 0.415 e. The topological polar surface area (TPSA) is 114 Å². The summed E-state index contributed by atoms with van der Waals surface area (Å²) in [5.41, 5.74) is 5.26. The van der Waals surface area contributed by atoms with Gasteiger partial charge in [-0.1, -0.05) is 20.3 Å². The van der Waals surface area contributed by atoms with Gasteiger partial charge in [-0.3, -0.25) is 4.79 Å². The molecule has 0 radical (unpaired) electrons. The van der Waals surface area contributed by atoms with Crippen LogP contribution in [-0.2, 0) is 35.5 Å². The Morgan fingerprint density at radius 2 is 1.77 bits per heavy atom. The second kappa shape index (κ2) is 11.1. The van der Waals surface area contributed by atoms with Gasteiger partial charge in [-0.05, 0) is 75.4 Å². The number of aromatic nitrogens is 2. The highest BCUT2D eigenvalue weighted by Gasteiger charge is 2.35. The Morgan fingerprint density at radius 1 is 1.02 bits per heavy atom. The fraction of sp³-hybridized carbons (Fsp3) is 0.515. The number of carbonyl (C=O) groups excluding carboxylic acids is 2. The van der Waals surface area contributed by atoms with Crippen molar-refractivity contribution >= 4 is 23.0 Å². The fourth-order valence-electron chi connectivity index (χ4n) is 7.56. The van der Waals surface area contributed by atoms with Gasteiger partial charge in [0.1, 0.15) is 12.4 Å². The Labute approximate surface area is 250 Å². The number of esters is 1. The number of benzene rings is 1. The van der Waals surface area contributed by atoms with E-state index in [1.807, 2.05) is 17.0 Å². The molecule has 1 atom stereocenters. The van der Waals surface area contributed by atoms with Gasteiger partial charge in [0, 0.05) is 41.2 Å². The minimum atomic E-state index is -1.49. The smallest absolute Gasteiger partial charge is 0.415 e. The lowest BCUT2D eigenvalue weighted by atomic mass is 9.93. The zero-order valence-corrected chi connectivity index (χ0v) is 24.9. The van der Waals surface area contributed by atoms with Gasteiger partial charge < -0.3 is 28.9 Å². The molecule has 1 unspecified atom stereocenters. The molecule has 10 nitrogen and oxygen atoms in total. The zero-order valence-electron chi connectivity index (χ0n) is 24.9. The van der Waals surface area contributed by atoms with Crippen LogP contribution in [0.25, 0.3) is 22.3 Å². The van der Waals surface area contributed by atoms with E-state index in [9.17, 15) is 19.5 Å². The third-order valence-electron chi connectivity index (χ3n) is 9.84. The van der Waals surface area contributed by atoms with Crippen LogP contribution in [0.3, 0.4) is 0 Å². The van der Waals surface area contributed by atoms with Gasteiger partial charge in [0.15, 0.2) is 6.10 Å². The number of aliphatic hydroxyl groups excluding tert-OH is 1. The van der Waals surface area contributed by atoms with Crippen LogP contribution in [0.5, 0.6) is 5.75 Å². The van der Waals surface area contributed by atoms with Crippen molar-refractivity contribution in [2.24, 2.45) is 0 Å². The normalized spacial score (nSPS) is 20.5. The molecule has 0 spiro atoms. The monoisotopic (exact) mass is 586 g/mol. The van der Waals surface area contributed by atoms with Crippen molar-refractivity contribution in [2.45, 2.75) is 84.1 Å². The van der Waals surface area contributed by atoms with E-state index < -0.39 is 12.1 Å². The number of ether oxygens (including phenoxy) is 2. The third kappa shape index (κ3) is 4.62. The molecular weight excluding hydrogens is 548 g/mol. The number of pyridine rings is 2. The molecule has 1 aromatic carbocycles. The van der Waals surface area contributed by atoms with Gasteiger partial charge in [0.25, 0.3) is 5.56 Å². The lowest BCUT2D eigenvalue weighted by Crippen LogP contribution is -2.48. The molecule has 0 aliphatic carbocycles. The van der Waals surface area contributed by atoms with Gasteiger partial charge in [0.2, 0.25) is 0 Å². The number of piperidine rings is 2. The highest BCUT2D eigenvalue weighted by Crippen LogP contribution is 2.41. The van der Waals surface area contributed by atoms with E-state index in [-0.39, 0.29) is 23.8 Å². The first-order valence-corrected chi connectivity index (χ1v) is 15.7. The number of hydrogen-bond acceptors (Lipinski definition) is 8. The fourth-order valence-corrected chi connectivity index (χ4v) is 7.56. The molecule has 0 bridgehead atoms. The van der Waals surface area contributed by atoms with Crippen LogP contribution < -0.4 is 10.3 Å². The molecule has 3 aromatic rings. The van der Waals surface area contributed by atoms with Crippen LogP contribution in [-0.4, -0.2) is 68.7 Å². The molecular formula is C33H38N4O6. The summed E-state index contributed by atoms with van der Waals surface area (Å²) in [6.07, 6.45) is 5.36. The van der Waals surface area contributed by atoms with Gasteiger partial charge in [-0.25, -0.2) is 14.6 Å². The Hall–Kier alpha value is -3.76. The number of aryl methyl sites for hydroxylation is 2. The third-order valence-corrected chi connectivity index (χ3v) is 9.84. The van der Waals surface area contributed by atoms with Crippen molar-refractivity contribution in [3.8, 4) is 17.1 Å². The lowest BCUT2D eigenvalue weighted by molar-refractivity contribution is -0.157. The Bertz CT molecular complexity index is 1680. The van der Waals surface area contributed by atoms with E-state index >= 15 is 0 Å². The Morgan fingerprint density at radius 3 is 2.49 bits per heavy atom. The van der Waals surface area contributed by atoms with Gasteiger partial charge in [-0.2, -0.15) is 0 Å². The van der Waals surface area contributed by atoms with Crippen LogP contribution in [0, 0.1) is 0 Å². The van der Waals surface area contributed by atoms with Crippen molar-refractivity contribution < 1.29 is 24.2 Å². The van der Waals surface area contributed by atoms with E-state index in [2.05, 4.69) is 18.7 Å². The molecule has 4 aliphatic rings. The second-order valence-electron chi connectivity index (χ2n) is 12.1. The van der Waals surface area contributed by atoms with Crippen molar-refractivity contribution in [1.82, 2.24) is 19.4 Å². The SMILES string of the molecule is CCc1c(OC(=O)N2CCC(N3CCCCC3)CC2)ccc2nc3c(c(CC)c12)Cn1c-3cc2c(c1=O)COC(=O)C2O. The predicted molar refractivity (Wildman–Crippen MR) is 160 cm³/mol. The number of hydrogen-bond donors (Lipinski definition) is 1. The Balaban J connectivity index is 1.20. The van der Waals surface area contributed by atoms with Crippen LogP contribution in [0.4, 0.5) is 4.79 Å². The van der Waals surface area contributed by atoms with Gasteiger partial charge >= 0.3 is 12.1 Å². The van der Waals surface area contributed by atoms with E-state index in [1.165, 1.54) is 32.4 Å². The number of fused-ring (bicyclic) bond motifs is 5. The number of amides is 1. The van der Waals surface area contributed by atoms with Crippen LogP contribution in [0.2, 0.25) is 0 Å². The molecule has 226 valence electrons. The first kappa shape index (κ1) is 28.0. The molecule has 0 saturated carbocycles. The molecule has 2 fully saturated rings. The highest BCUT2D eigenvalue weighted by atomic mass is 16.6. The van der Waals surface area contributed by atoms with Crippen molar-refractivity contribution in [2.75, 3.05) is 26.2 Å². The molecule has 7 rings (SSSR count). The molecule has 2 saturated heterocycles. The molecule has 6 heterocycles. The zero-order chi connectivity index (χ0) is 29.8. The summed E-state index contributed by atoms with van der Waals surface area (Å²) in [6.45, 7) is 8.05. The number of likely N-dealkylation sites (tertiary alicyclic amines) is 2. The molecule has 1 amide bonds. The van der Waals surface area contributed by atoms with Crippen LogP contribution in [0.15, 0.2) is 23.0 Å². The first-order valence-electron chi connectivity index (χ1n) is 15.7. The quantitative estimate of drug-likeness (QED) is 0.356. The van der Waals surface area contributed by atoms with E-state index in [0.717, 1.165) is 40.4 Å². The standard InChI is InChI=1S/C33H38N4O6/c1-3-20-23-17-37-26(16-22-24(31(37)39)18-42-32(40)30(22)38)29(23)34-25-8-9-27(21(4-2)28(20)25)43-33(41)36-14-10-19(11-15-36)35-12-6-5-7-13-35/h8-9,16,19,30,38H,3-7,10-15,17-18H2,1-2H3. The summed E-state index contributed by atoms with van der Waals surface area (Å²) < 4.78 is 12.8. The average Bonchev–Trinajstić information content (AvgIpc) is 3.41. The summed E-state index contributed by atoms with van der Waals surface area (Å²) in [4.78, 5) is 48.2. The van der Waals surface area contributed by atoms with Crippen molar-refractivity contribution in [3.05, 3.63) is 56.4 Å². The highest BCUT2D eigenvalue weighted by molar-refractivity contribution is 5.93. The summed E-state index contributed by atoms with van der Waals surface area (Å²) in [6, 6.07) is 5.96. The van der Waals surface area contributed by atoms with E-state index in [4.69, 9.17) is 14.5 Å². The minimum Gasteiger partial charge on any atom is -0.458 e. The lowest BCUT2D eigenvalue weighted by Gasteiger charge is -2.39. The minimum absolute atomic E-state index is 0.151. The summed E-state index contributed by atoms with van der Waals surface area (Å²) >= 11 is 0. The number of aliphatic hydroxyl groups is 1. The van der Waals surface area contributed by atoms with Gasteiger partial charge in [-0.15, -0.1) is 0 Å². The molecule has 2 aromatic heterocycles. The van der Waals surface area contributed by atoms with Crippen LogP contribution >= 0.6 is 0 Å². The number of cyclic esters (lactones) is 1. The second-order valence-corrected chi connectivity index (χ2v) is 12.1. The Kier molecular flexibility index (Phi) is 7.21. The molecule has 4 aliphatic heterocycles. The van der Waals surface area contributed by atoms with Crippen molar-refractivity contribution in [3.63, 3.8) is 0 Å². The van der Waals surface area contributed by atoms with Crippen LogP contribution in [0.1, 0.15) is 79.9 Å². The van der Waals surface area contributed by atoms with E-state index in [0.29, 0.717) is 61.2 Å². The van der Waals surface area contributed by atoms with Gasteiger partial charge in [0.05, 0.1) is 29.0 Å². The summed E-state index contributed by atoms with van der Waals surface area (Å²) in [7, 11) is 0. The van der Waals surface area contributed by atoms with Crippen molar-refractivity contribution in [1.29, 1.82) is 0 Å². The molecule has 43 heavy (non-hydrogen) atoms. The first-order chi connectivity index (χ1) is 20.9. The molecule has 10 heteroatoms. The number of nitrogens with zero attached hydrogens (tertiary/aromatic N) is 4. The van der Waals surface area contributed by atoms with E-state index in [1.54, 1.807) is 10.6 Å². The predicted octanol–water partition coefficient (Wildman–Crippen LogP) is 4.09. The summed E-state index contributed by atoms with van der Waals surface area (Å²) in [5.74, 6) is -0.201. The summed E-state index contributed by atoms with van der Waals surface area (Å²) in [5, 5.41) is 11.4. The largest absolute Gasteiger partial charge is 0.458 e. The maximum atomic E-state index is 13.4. The number of carbonyl (C=O) groups is 2.